The average Bonchev–Trinajstić information content (AvgIpc) is 3.14. The smallest absolute Gasteiger partial charge is 0.312 e. The van der Waals surface area contributed by atoms with E-state index in [0.29, 0.717) is 31.4 Å². The second-order valence-corrected chi connectivity index (χ2v) is 7.19. The topological polar surface area (TPSA) is 97.6 Å². The average molecular weight is 386 g/mol. The van der Waals surface area contributed by atoms with Gasteiger partial charge in [0.2, 0.25) is 11.8 Å². The molecule has 2 aromatic rings. The third-order valence-corrected chi connectivity index (χ3v) is 4.60. The van der Waals surface area contributed by atoms with Gasteiger partial charge in [-0.1, -0.05) is 45.0 Å². The molecule has 1 aliphatic rings. The number of ether oxygens (including phenoxy) is 1. The molecule has 0 atom stereocenters. The predicted molar refractivity (Wildman–Crippen MR) is 101 cm³/mol. The summed E-state index contributed by atoms with van der Waals surface area (Å²) in [5.41, 5.74) is 2.17. The number of nitrogens with one attached hydrogen (secondary N) is 1. The molecule has 2 heterocycles. The lowest BCUT2D eigenvalue weighted by molar-refractivity contribution is -0.156. The quantitative estimate of drug-likeness (QED) is 0.729. The summed E-state index contributed by atoms with van der Waals surface area (Å²) in [6, 6.07) is 7.95. The molecule has 1 aromatic carbocycles. The zero-order chi connectivity index (χ0) is 20.1. The van der Waals surface area contributed by atoms with Crippen molar-refractivity contribution in [1.29, 1.82) is 0 Å². The van der Waals surface area contributed by atoms with Gasteiger partial charge in [0, 0.05) is 25.6 Å². The lowest BCUT2D eigenvalue weighted by Crippen LogP contribution is -2.58. The fourth-order valence-corrected chi connectivity index (χ4v) is 2.82. The van der Waals surface area contributed by atoms with Crippen LogP contribution in [-0.4, -0.2) is 46.1 Å². The molecule has 0 bridgehead atoms. The third kappa shape index (κ3) is 4.95. The van der Waals surface area contributed by atoms with Crippen molar-refractivity contribution in [2.45, 2.75) is 52.4 Å². The molecule has 0 saturated carbocycles. The zero-order valence-corrected chi connectivity index (χ0v) is 16.5. The SMILES string of the molecule is CCc1cccc(CNC(=O)C(=O)N2CC(OCc3nnc(C(C)C)o3)C2)c1. The molecular weight excluding hydrogens is 360 g/mol. The van der Waals surface area contributed by atoms with Crippen LogP contribution in [0.15, 0.2) is 28.7 Å². The first kappa shape index (κ1) is 20.0. The molecule has 8 nitrogen and oxygen atoms in total. The van der Waals surface area contributed by atoms with Crippen LogP contribution in [0.4, 0.5) is 0 Å². The Balaban J connectivity index is 1.38. The molecule has 2 amide bonds. The van der Waals surface area contributed by atoms with Gasteiger partial charge in [-0.3, -0.25) is 9.59 Å². The van der Waals surface area contributed by atoms with E-state index in [0.717, 1.165) is 12.0 Å². The number of aryl methyl sites for hydroxylation is 1. The van der Waals surface area contributed by atoms with Crippen LogP contribution in [0, 0.1) is 0 Å². The van der Waals surface area contributed by atoms with Crippen LogP contribution in [0.1, 0.15) is 49.6 Å². The fraction of sp³-hybridized carbons (Fsp3) is 0.500. The van der Waals surface area contributed by atoms with E-state index in [1.807, 2.05) is 38.1 Å². The summed E-state index contributed by atoms with van der Waals surface area (Å²) in [7, 11) is 0. The van der Waals surface area contributed by atoms with E-state index in [9.17, 15) is 9.59 Å². The monoisotopic (exact) mass is 386 g/mol. The summed E-state index contributed by atoms with van der Waals surface area (Å²) in [5.74, 6) is 0.0249. The van der Waals surface area contributed by atoms with Crippen LogP contribution in [0.2, 0.25) is 0 Å². The van der Waals surface area contributed by atoms with Gasteiger partial charge in [-0.25, -0.2) is 0 Å². The number of carbonyl (C=O) groups is 2. The molecule has 1 aliphatic heterocycles. The van der Waals surface area contributed by atoms with Crippen molar-refractivity contribution in [3.05, 3.63) is 47.2 Å². The molecular formula is C20H26N4O4. The maximum Gasteiger partial charge on any atom is 0.312 e. The van der Waals surface area contributed by atoms with Gasteiger partial charge in [-0.2, -0.15) is 0 Å². The van der Waals surface area contributed by atoms with Gasteiger partial charge in [-0.05, 0) is 17.5 Å². The van der Waals surface area contributed by atoms with E-state index in [1.165, 1.54) is 10.5 Å². The Bertz CT molecular complexity index is 827. The van der Waals surface area contributed by atoms with E-state index in [-0.39, 0.29) is 18.6 Å². The van der Waals surface area contributed by atoms with Crippen LogP contribution in [0.25, 0.3) is 0 Å². The van der Waals surface area contributed by atoms with Crippen LogP contribution in [0.5, 0.6) is 0 Å². The van der Waals surface area contributed by atoms with Gasteiger partial charge in [0.05, 0.1) is 6.10 Å². The number of amides is 2. The van der Waals surface area contributed by atoms with E-state index >= 15 is 0 Å². The van der Waals surface area contributed by atoms with Crippen LogP contribution >= 0.6 is 0 Å². The molecule has 1 fully saturated rings. The summed E-state index contributed by atoms with van der Waals surface area (Å²) in [6.07, 6.45) is 0.797. The molecule has 0 aliphatic carbocycles. The lowest BCUT2D eigenvalue weighted by atomic mass is 10.1. The Labute approximate surface area is 164 Å². The molecule has 0 radical (unpaired) electrons. The minimum absolute atomic E-state index is 0.132. The first-order valence-corrected chi connectivity index (χ1v) is 9.55. The van der Waals surface area contributed by atoms with Gasteiger partial charge in [-0.15, -0.1) is 10.2 Å². The zero-order valence-electron chi connectivity index (χ0n) is 16.5. The maximum atomic E-state index is 12.2. The van der Waals surface area contributed by atoms with E-state index in [4.69, 9.17) is 9.15 Å². The summed E-state index contributed by atoms with van der Waals surface area (Å²) in [6.45, 7) is 7.31. The summed E-state index contributed by atoms with van der Waals surface area (Å²) >= 11 is 0. The number of hydrogen-bond acceptors (Lipinski definition) is 6. The number of aromatic nitrogens is 2. The molecule has 1 N–H and O–H groups in total. The third-order valence-electron chi connectivity index (χ3n) is 4.60. The second kappa shape index (κ2) is 8.97. The summed E-state index contributed by atoms with van der Waals surface area (Å²) in [5, 5.41) is 10.6. The number of carbonyl (C=O) groups excluding carboxylic acids is 2. The Hall–Kier alpha value is -2.74. The number of benzene rings is 1. The van der Waals surface area contributed by atoms with Crippen molar-refractivity contribution in [3.8, 4) is 0 Å². The molecule has 3 rings (SSSR count). The van der Waals surface area contributed by atoms with Crippen LogP contribution in [0.3, 0.4) is 0 Å². The van der Waals surface area contributed by atoms with E-state index in [1.54, 1.807) is 0 Å². The lowest BCUT2D eigenvalue weighted by Gasteiger charge is -2.38. The van der Waals surface area contributed by atoms with Crippen molar-refractivity contribution in [2.24, 2.45) is 0 Å². The highest BCUT2D eigenvalue weighted by atomic mass is 16.5. The predicted octanol–water partition coefficient (Wildman–Crippen LogP) is 1.80. The van der Waals surface area contributed by atoms with Crippen molar-refractivity contribution >= 4 is 11.8 Å². The number of nitrogens with zero attached hydrogens (tertiary/aromatic N) is 3. The molecule has 8 heteroatoms. The molecule has 0 unspecified atom stereocenters. The second-order valence-electron chi connectivity index (χ2n) is 7.19. The molecule has 28 heavy (non-hydrogen) atoms. The minimum Gasteiger partial charge on any atom is -0.422 e. The highest BCUT2D eigenvalue weighted by molar-refractivity contribution is 6.35. The number of rotatable bonds is 7. The first-order valence-electron chi connectivity index (χ1n) is 9.55. The van der Waals surface area contributed by atoms with Crippen molar-refractivity contribution in [1.82, 2.24) is 20.4 Å². The van der Waals surface area contributed by atoms with E-state index < -0.39 is 11.8 Å². The summed E-state index contributed by atoms with van der Waals surface area (Å²) < 4.78 is 11.1. The Morgan fingerprint density at radius 1 is 1.29 bits per heavy atom. The summed E-state index contributed by atoms with van der Waals surface area (Å²) in [4.78, 5) is 25.7. The Kier molecular flexibility index (Phi) is 6.41. The van der Waals surface area contributed by atoms with Crippen molar-refractivity contribution in [2.75, 3.05) is 13.1 Å². The molecule has 1 aromatic heterocycles. The standard InChI is InChI=1S/C20H26N4O4/c1-4-14-6-5-7-15(8-14)9-21-18(25)20(26)24-10-16(11-24)27-12-17-22-23-19(28-17)13(2)3/h5-8,13,16H,4,9-12H2,1-3H3,(H,21,25). The van der Waals surface area contributed by atoms with Gasteiger partial charge < -0.3 is 19.4 Å². The Morgan fingerprint density at radius 3 is 2.71 bits per heavy atom. The molecule has 1 saturated heterocycles. The molecule has 0 spiro atoms. The highest BCUT2D eigenvalue weighted by Gasteiger charge is 2.34. The van der Waals surface area contributed by atoms with Gasteiger partial charge >= 0.3 is 11.8 Å². The van der Waals surface area contributed by atoms with Crippen molar-refractivity contribution in [3.63, 3.8) is 0 Å². The minimum atomic E-state index is -0.598. The normalized spacial score (nSPS) is 14.2. The van der Waals surface area contributed by atoms with Gasteiger partial charge in [0.1, 0.15) is 6.61 Å². The fourth-order valence-electron chi connectivity index (χ4n) is 2.82. The van der Waals surface area contributed by atoms with Crippen molar-refractivity contribution < 1.29 is 18.7 Å². The number of hydrogen-bond donors (Lipinski definition) is 1. The number of likely N-dealkylation sites (tertiary alicyclic amines) is 1. The van der Waals surface area contributed by atoms with Gasteiger partial charge in [0.25, 0.3) is 0 Å². The van der Waals surface area contributed by atoms with E-state index in [2.05, 4.69) is 22.4 Å². The van der Waals surface area contributed by atoms with Gasteiger partial charge in [0.15, 0.2) is 0 Å². The van der Waals surface area contributed by atoms with Crippen LogP contribution in [-0.2, 0) is 33.9 Å². The molecule has 150 valence electrons. The Morgan fingerprint density at radius 2 is 2.04 bits per heavy atom. The first-order chi connectivity index (χ1) is 13.5. The van der Waals surface area contributed by atoms with Crippen LogP contribution < -0.4 is 5.32 Å². The maximum absolute atomic E-state index is 12.2. The largest absolute Gasteiger partial charge is 0.422 e. The highest BCUT2D eigenvalue weighted by Crippen LogP contribution is 2.16.